The molecule has 148 valence electrons. The first-order chi connectivity index (χ1) is 14.0. The normalized spacial score (nSPS) is 16.3. The van der Waals surface area contributed by atoms with E-state index in [1.54, 1.807) is 58.3 Å². The average Bonchev–Trinajstić information content (AvgIpc) is 3.37. The zero-order valence-electron chi connectivity index (χ0n) is 15.4. The summed E-state index contributed by atoms with van der Waals surface area (Å²) in [6.07, 6.45) is 5.16. The molecule has 6 nitrogen and oxygen atoms in total. The number of hydrogen-bond donors (Lipinski definition) is 1. The molecule has 1 aliphatic heterocycles. The molecule has 29 heavy (non-hydrogen) atoms. The number of hydrogen-bond acceptors (Lipinski definition) is 3. The van der Waals surface area contributed by atoms with Crippen LogP contribution in [-0.2, 0) is 16.1 Å². The number of anilines is 1. The Morgan fingerprint density at radius 3 is 2.72 bits per heavy atom. The van der Waals surface area contributed by atoms with E-state index in [1.807, 2.05) is 0 Å². The number of carbonyl (C=O) groups excluding carboxylic acids is 2. The topological polar surface area (TPSA) is 67.2 Å². The molecule has 2 heterocycles. The van der Waals surface area contributed by atoms with Crippen LogP contribution in [0.3, 0.4) is 0 Å². The van der Waals surface area contributed by atoms with Gasteiger partial charge in [-0.2, -0.15) is 0 Å². The Morgan fingerprint density at radius 1 is 1.24 bits per heavy atom. The third-order valence-electron chi connectivity index (χ3n) is 4.92. The van der Waals surface area contributed by atoms with Crippen molar-refractivity contribution in [2.45, 2.75) is 13.0 Å². The number of aromatic nitrogens is 2. The fraction of sp³-hybridized carbons (Fsp3) is 0.190. The van der Waals surface area contributed by atoms with Gasteiger partial charge in [-0.15, -0.1) is 0 Å². The van der Waals surface area contributed by atoms with Gasteiger partial charge >= 0.3 is 0 Å². The van der Waals surface area contributed by atoms with Crippen LogP contribution in [0, 0.1) is 11.7 Å². The second kappa shape index (κ2) is 8.05. The van der Waals surface area contributed by atoms with E-state index in [0.29, 0.717) is 34.9 Å². The Labute approximate surface area is 171 Å². The molecule has 0 spiro atoms. The van der Waals surface area contributed by atoms with E-state index in [9.17, 15) is 14.0 Å². The summed E-state index contributed by atoms with van der Waals surface area (Å²) < 4.78 is 15.9. The van der Waals surface area contributed by atoms with E-state index in [2.05, 4.69) is 10.3 Å². The predicted octanol–water partition coefficient (Wildman–Crippen LogP) is 3.33. The summed E-state index contributed by atoms with van der Waals surface area (Å²) >= 11 is 5.88. The number of nitrogens with one attached hydrogen (secondary N) is 1. The lowest BCUT2D eigenvalue weighted by atomic mass is 10.1. The second-order valence-electron chi connectivity index (χ2n) is 6.78. The minimum atomic E-state index is -0.749. The van der Waals surface area contributed by atoms with Crippen molar-refractivity contribution in [2.75, 3.05) is 11.4 Å². The van der Waals surface area contributed by atoms with E-state index in [4.69, 9.17) is 11.6 Å². The van der Waals surface area contributed by atoms with Crippen LogP contribution < -0.4 is 10.2 Å². The van der Waals surface area contributed by atoms with Crippen LogP contribution >= 0.6 is 11.6 Å². The summed E-state index contributed by atoms with van der Waals surface area (Å²) in [6.45, 7) is 0.609. The fourth-order valence-corrected chi connectivity index (χ4v) is 3.51. The number of carbonyl (C=O) groups is 2. The van der Waals surface area contributed by atoms with Crippen molar-refractivity contribution < 1.29 is 14.0 Å². The summed E-state index contributed by atoms with van der Waals surface area (Å²) in [5.41, 5.74) is 1.70. The highest BCUT2D eigenvalue weighted by Crippen LogP contribution is 2.26. The molecule has 3 aromatic rings. The molecule has 1 unspecified atom stereocenters. The van der Waals surface area contributed by atoms with Gasteiger partial charge < -0.3 is 14.8 Å². The summed E-state index contributed by atoms with van der Waals surface area (Å²) in [4.78, 5) is 30.6. The molecule has 1 fully saturated rings. The van der Waals surface area contributed by atoms with Crippen molar-refractivity contribution in [3.05, 3.63) is 77.6 Å². The number of halogens is 2. The molecule has 8 heteroatoms. The molecule has 1 aromatic heterocycles. The Balaban J connectivity index is 1.38. The van der Waals surface area contributed by atoms with Gasteiger partial charge in [0.15, 0.2) is 0 Å². The number of imidazole rings is 1. The third kappa shape index (κ3) is 4.00. The molecule has 0 radical (unpaired) electrons. The van der Waals surface area contributed by atoms with Gasteiger partial charge in [-0.25, -0.2) is 9.37 Å². The molecule has 2 aromatic carbocycles. The molecule has 1 N–H and O–H groups in total. The van der Waals surface area contributed by atoms with Crippen LogP contribution in [0.5, 0.6) is 0 Å². The molecule has 1 saturated heterocycles. The highest BCUT2D eigenvalue weighted by Gasteiger charge is 2.37. The average molecular weight is 413 g/mol. The van der Waals surface area contributed by atoms with Crippen LogP contribution in [0.25, 0.3) is 5.69 Å². The van der Waals surface area contributed by atoms with Gasteiger partial charge in [-0.05, 0) is 48.4 Å². The van der Waals surface area contributed by atoms with Crippen molar-refractivity contribution >= 4 is 29.1 Å². The first-order valence-corrected chi connectivity index (χ1v) is 9.52. The van der Waals surface area contributed by atoms with E-state index in [0.717, 1.165) is 0 Å². The van der Waals surface area contributed by atoms with Crippen molar-refractivity contribution in [3.8, 4) is 5.69 Å². The van der Waals surface area contributed by atoms with Crippen molar-refractivity contribution in [2.24, 2.45) is 5.92 Å². The highest BCUT2D eigenvalue weighted by molar-refractivity contribution is 6.30. The van der Waals surface area contributed by atoms with E-state index < -0.39 is 11.7 Å². The quantitative estimate of drug-likeness (QED) is 0.653. The monoisotopic (exact) mass is 412 g/mol. The number of amides is 2. The molecule has 0 saturated carbocycles. The summed E-state index contributed by atoms with van der Waals surface area (Å²) in [7, 11) is 0. The maximum Gasteiger partial charge on any atom is 0.239 e. The SMILES string of the molecule is O=C(NCc1ccc(-n2ccnc2)c(F)c1)C1CCN(c2ccc(Cl)cc2)C1=O. The van der Waals surface area contributed by atoms with E-state index in [-0.39, 0.29) is 18.4 Å². The molecular weight excluding hydrogens is 395 g/mol. The molecular formula is C21H18ClFN4O2. The first-order valence-electron chi connectivity index (χ1n) is 9.14. The third-order valence-corrected chi connectivity index (χ3v) is 5.17. The lowest BCUT2D eigenvalue weighted by Gasteiger charge is -2.17. The molecule has 0 bridgehead atoms. The van der Waals surface area contributed by atoms with Crippen LogP contribution in [0.15, 0.2) is 61.2 Å². The Kier molecular flexibility index (Phi) is 5.31. The molecule has 2 amide bonds. The minimum Gasteiger partial charge on any atom is -0.351 e. The van der Waals surface area contributed by atoms with Gasteiger partial charge in [-0.1, -0.05) is 17.7 Å². The zero-order valence-corrected chi connectivity index (χ0v) is 16.1. The number of nitrogens with zero attached hydrogens (tertiary/aromatic N) is 3. The minimum absolute atomic E-state index is 0.144. The molecule has 1 atom stereocenters. The van der Waals surface area contributed by atoms with Crippen LogP contribution in [0.4, 0.5) is 10.1 Å². The van der Waals surface area contributed by atoms with Crippen LogP contribution in [-0.4, -0.2) is 27.9 Å². The standard InChI is InChI=1S/C21H18ClFN4O2/c22-15-2-4-16(5-3-15)27-9-7-17(21(27)29)20(28)25-12-14-1-6-19(18(23)11-14)26-10-8-24-13-26/h1-6,8,10-11,13,17H,7,9,12H2,(H,25,28). The van der Waals surface area contributed by atoms with Crippen molar-refractivity contribution in [1.82, 2.24) is 14.9 Å². The smallest absolute Gasteiger partial charge is 0.239 e. The first kappa shape index (κ1) is 19.1. The molecule has 0 aliphatic carbocycles. The predicted molar refractivity (Wildman–Crippen MR) is 107 cm³/mol. The summed E-state index contributed by atoms with van der Waals surface area (Å²) in [5, 5.41) is 3.32. The van der Waals surface area contributed by atoms with Crippen molar-refractivity contribution in [3.63, 3.8) is 0 Å². The van der Waals surface area contributed by atoms with Gasteiger partial charge in [0, 0.05) is 36.2 Å². The highest BCUT2D eigenvalue weighted by atomic mass is 35.5. The van der Waals surface area contributed by atoms with Crippen LogP contribution in [0.2, 0.25) is 5.02 Å². The zero-order chi connectivity index (χ0) is 20.4. The summed E-state index contributed by atoms with van der Waals surface area (Å²) in [6, 6.07) is 11.7. The van der Waals surface area contributed by atoms with Gasteiger partial charge in [0.1, 0.15) is 11.7 Å². The lowest BCUT2D eigenvalue weighted by Crippen LogP contribution is -2.36. The largest absolute Gasteiger partial charge is 0.351 e. The van der Waals surface area contributed by atoms with E-state index in [1.165, 1.54) is 12.4 Å². The molecule has 4 rings (SSSR count). The number of rotatable bonds is 5. The second-order valence-corrected chi connectivity index (χ2v) is 7.22. The van der Waals surface area contributed by atoms with Crippen molar-refractivity contribution in [1.29, 1.82) is 0 Å². The summed E-state index contributed by atoms with van der Waals surface area (Å²) in [5.74, 6) is -1.77. The Morgan fingerprint density at radius 2 is 2.03 bits per heavy atom. The van der Waals surface area contributed by atoms with E-state index >= 15 is 0 Å². The van der Waals surface area contributed by atoms with Gasteiger partial charge in [-0.3, -0.25) is 9.59 Å². The maximum absolute atomic E-state index is 14.3. The lowest BCUT2D eigenvalue weighted by molar-refractivity contribution is -0.132. The molecule has 1 aliphatic rings. The van der Waals surface area contributed by atoms with Gasteiger partial charge in [0.2, 0.25) is 11.8 Å². The maximum atomic E-state index is 14.3. The number of benzene rings is 2. The van der Waals surface area contributed by atoms with Crippen LogP contribution in [0.1, 0.15) is 12.0 Å². The Hall–Kier alpha value is -3.19. The fourth-order valence-electron chi connectivity index (χ4n) is 3.38. The van der Waals surface area contributed by atoms with Gasteiger partial charge in [0.05, 0.1) is 12.0 Å². The van der Waals surface area contributed by atoms with Gasteiger partial charge in [0.25, 0.3) is 0 Å². The Bertz CT molecular complexity index is 1040.